The Morgan fingerprint density at radius 1 is 1.04 bits per heavy atom. The number of fused-ring (bicyclic) bond motifs is 1. The molecule has 4 aromatic rings. The lowest BCUT2D eigenvalue weighted by atomic mass is 10.1. The Kier molecular flexibility index (Phi) is 3.31. The first kappa shape index (κ1) is 14.1. The zero-order chi connectivity index (χ0) is 16.5. The van der Waals surface area contributed by atoms with Crippen molar-refractivity contribution in [1.29, 1.82) is 0 Å². The van der Waals surface area contributed by atoms with E-state index in [1.165, 1.54) is 6.33 Å². The van der Waals surface area contributed by atoms with E-state index < -0.39 is 0 Å². The van der Waals surface area contributed by atoms with Crippen LogP contribution in [0.4, 0.5) is 0 Å². The van der Waals surface area contributed by atoms with Crippen molar-refractivity contribution in [3.05, 3.63) is 59.4 Å². The maximum absolute atomic E-state index is 11.8. The van der Waals surface area contributed by atoms with Crippen molar-refractivity contribution in [3.8, 4) is 28.4 Å². The fourth-order valence-corrected chi connectivity index (χ4v) is 2.52. The summed E-state index contributed by atoms with van der Waals surface area (Å²) in [5, 5.41) is 0.525. The van der Waals surface area contributed by atoms with E-state index in [1.807, 2.05) is 18.2 Å². The number of aromatic nitrogens is 5. The smallest absolute Gasteiger partial charge is 0.260 e. The Labute approximate surface area is 136 Å². The number of hydrogen-bond acceptors (Lipinski definition) is 5. The summed E-state index contributed by atoms with van der Waals surface area (Å²) in [5.41, 5.74) is 3.76. The van der Waals surface area contributed by atoms with Crippen LogP contribution in [0.1, 0.15) is 0 Å². The van der Waals surface area contributed by atoms with E-state index in [4.69, 9.17) is 4.74 Å². The minimum atomic E-state index is -0.170. The summed E-state index contributed by atoms with van der Waals surface area (Å²) < 4.78 is 5.07. The van der Waals surface area contributed by atoms with E-state index >= 15 is 0 Å². The number of nitrogens with one attached hydrogen (secondary N) is 2. The van der Waals surface area contributed by atoms with Gasteiger partial charge >= 0.3 is 0 Å². The molecule has 24 heavy (non-hydrogen) atoms. The molecule has 4 heterocycles. The number of hydrogen-bond donors (Lipinski definition) is 2. The number of nitrogens with zero attached hydrogens (tertiary/aromatic N) is 3. The Balaban J connectivity index is 1.78. The van der Waals surface area contributed by atoms with Crippen LogP contribution in [0.5, 0.6) is 5.88 Å². The Morgan fingerprint density at radius 2 is 1.96 bits per heavy atom. The monoisotopic (exact) mass is 319 g/mol. The van der Waals surface area contributed by atoms with Gasteiger partial charge in [-0.1, -0.05) is 0 Å². The fourth-order valence-electron chi connectivity index (χ4n) is 2.52. The molecule has 0 bridgehead atoms. The van der Waals surface area contributed by atoms with Gasteiger partial charge in [-0.25, -0.2) is 9.97 Å². The van der Waals surface area contributed by atoms with Crippen LogP contribution in [0.2, 0.25) is 0 Å². The second-order valence-electron chi connectivity index (χ2n) is 5.20. The van der Waals surface area contributed by atoms with Crippen LogP contribution in [0.3, 0.4) is 0 Å². The second-order valence-corrected chi connectivity index (χ2v) is 5.20. The summed E-state index contributed by atoms with van der Waals surface area (Å²) in [6.45, 7) is 0. The molecule has 0 radical (unpaired) electrons. The summed E-state index contributed by atoms with van der Waals surface area (Å²) in [4.78, 5) is 30.3. The topological polar surface area (TPSA) is 96.6 Å². The van der Waals surface area contributed by atoms with E-state index in [2.05, 4.69) is 24.9 Å². The van der Waals surface area contributed by atoms with Crippen molar-refractivity contribution in [3.63, 3.8) is 0 Å². The molecule has 0 unspecified atom stereocenters. The van der Waals surface area contributed by atoms with E-state index in [-0.39, 0.29) is 5.56 Å². The average molecular weight is 319 g/mol. The van der Waals surface area contributed by atoms with Crippen LogP contribution in [0, 0.1) is 0 Å². The Morgan fingerprint density at radius 3 is 2.71 bits per heavy atom. The molecule has 0 amide bonds. The normalized spacial score (nSPS) is 10.9. The van der Waals surface area contributed by atoms with Crippen molar-refractivity contribution < 1.29 is 4.74 Å². The van der Waals surface area contributed by atoms with Crippen LogP contribution < -0.4 is 10.3 Å². The molecule has 118 valence electrons. The van der Waals surface area contributed by atoms with Crippen LogP contribution in [0.25, 0.3) is 33.5 Å². The second kappa shape index (κ2) is 5.62. The maximum atomic E-state index is 11.8. The zero-order valence-corrected chi connectivity index (χ0v) is 12.8. The summed E-state index contributed by atoms with van der Waals surface area (Å²) in [6.07, 6.45) is 4.81. The van der Waals surface area contributed by atoms with Crippen molar-refractivity contribution in [2.45, 2.75) is 0 Å². The van der Waals surface area contributed by atoms with Gasteiger partial charge in [0.25, 0.3) is 5.56 Å². The Hall–Kier alpha value is -3.48. The highest BCUT2D eigenvalue weighted by Gasteiger charge is 2.09. The first-order valence-electron chi connectivity index (χ1n) is 7.28. The van der Waals surface area contributed by atoms with Gasteiger partial charge in [0.2, 0.25) is 5.88 Å². The molecule has 0 aromatic carbocycles. The van der Waals surface area contributed by atoms with E-state index in [9.17, 15) is 4.79 Å². The number of rotatable bonds is 3. The number of methoxy groups -OCH3 is 1. The molecule has 4 aromatic heterocycles. The summed E-state index contributed by atoms with van der Waals surface area (Å²) in [7, 11) is 1.58. The van der Waals surface area contributed by atoms with Crippen LogP contribution in [-0.2, 0) is 0 Å². The van der Waals surface area contributed by atoms with Gasteiger partial charge in [-0.2, -0.15) is 0 Å². The van der Waals surface area contributed by atoms with E-state index in [1.54, 1.807) is 31.6 Å². The van der Waals surface area contributed by atoms with Gasteiger partial charge in [0.15, 0.2) is 0 Å². The highest BCUT2D eigenvalue weighted by atomic mass is 16.5. The fraction of sp³-hybridized carbons (Fsp3) is 0.0588. The molecule has 0 aliphatic heterocycles. The van der Waals surface area contributed by atoms with Gasteiger partial charge in [-0.05, 0) is 24.3 Å². The van der Waals surface area contributed by atoms with Gasteiger partial charge in [-0.15, -0.1) is 0 Å². The average Bonchev–Trinajstić information content (AvgIpc) is 3.08. The van der Waals surface area contributed by atoms with Crippen molar-refractivity contribution >= 4 is 11.0 Å². The standard InChI is InChI=1S/C17H13N5O2/c1-24-15-3-2-11(8-19-15)13-6-10(4-5-18-13)14-7-12-16(22-14)20-9-21-17(12)23/h2-9H,1H3,(H2,20,21,22,23). The van der Waals surface area contributed by atoms with Crippen molar-refractivity contribution in [1.82, 2.24) is 24.9 Å². The molecule has 0 saturated carbocycles. The predicted octanol–water partition coefficient (Wildman–Crippen LogP) is 2.38. The minimum absolute atomic E-state index is 0.170. The number of aromatic amines is 2. The lowest BCUT2D eigenvalue weighted by Gasteiger charge is -2.04. The zero-order valence-electron chi connectivity index (χ0n) is 12.8. The SMILES string of the molecule is COc1ccc(-c2cc(-c3cc4c(=O)[nH]cnc4[nH]3)ccn2)cn1. The van der Waals surface area contributed by atoms with Gasteiger partial charge in [-0.3, -0.25) is 9.78 Å². The molecule has 7 heteroatoms. The summed E-state index contributed by atoms with van der Waals surface area (Å²) in [6, 6.07) is 9.28. The third-order valence-electron chi connectivity index (χ3n) is 3.74. The maximum Gasteiger partial charge on any atom is 0.260 e. The van der Waals surface area contributed by atoms with Gasteiger partial charge in [0, 0.05) is 35.3 Å². The van der Waals surface area contributed by atoms with Gasteiger partial charge in [0.05, 0.1) is 24.5 Å². The molecular formula is C17H13N5O2. The third kappa shape index (κ3) is 2.41. The Bertz CT molecular complexity index is 1070. The molecule has 0 aliphatic carbocycles. The molecule has 0 fully saturated rings. The quantitative estimate of drug-likeness (QED) is 0.604. The summed E-state index contributed by atoms with van der Waals surface area (Å²) >= 11 is 0. The molecule has 0 aliphatic rings. The van der Waals surface area contributed by atoms with Gasteiger partial charge < -0.3 is 14.7 Å². The first-order valence-corrected chi connectivity index (χ1v) is 7.28. The number of pyridine rings is 2. The van der Waals surface area contributed by atoms with E-state index in [0.29, 0.717) is 16.9 Å². The van der Waals surface area contributed by atoms with Crippen LogP contribution in [0.15, 0.2) is 53.8 Å². The number of ether oxygens (including phenoxy) is 1. The lowest BCUT2D eigenvalue weighted by Crippen LogP contribution is -2.04. The molecule has 2 N–H and O–H groups in total. The first-order chi connectivity index (χ1) is 11.7. The molecular weight excluding hydrogens is 306 g/mol. The molecule has 0 spiro atoms. The van der Waals surface area contributed by atoms with Crippen LogP contribution >= 0.6 is 0 Å². The number of H-pyrrole nitrogens is 2. The summed E-state index contributed by atoms with van der Waals surface area (Å²) in [5.74, 6) is 0.552. The highest BCUT2D eigenvalue weighted by Crippen LogP contribution is 2.25. The molecule has 7 nitrogen and oxygen atoms in total. The van der Waals surface area contributed by atoms with Crippen LogP contribution in [-0.4, -0.2) is 32.0 Å². The molecule has 4 rings (SSSR count). The predicted molar refractivity (Wildman–Crippen MR) is 89.7 cm³/mol. The van der Waals surface area contributed by atoms with Gasteiger partial charge in [0.1, 0.15) is 5.65 Å². The molecule has 0 saturated heterocycles. The van der Waals surface area contributed by atoms with E-state index in [0.717, 1.165) is 22.5 Å². The minimum Gasteiger partial charge on any atom is -0.481 e. The van der Waals surface area contributed by atoms with Crippen molar-refractivity contribution in [2.24, 2.45) is 0 Å². The highest BCUT2D eigenvalue weighted by molar-refractivity contribution is 5.82. The molecule has 0 atom stereocenters. The van der Waals surface area contributed by atoms with Crippen molar-refractivity contribution in [2.75, 3.05) is 7.11 Å². The lowest BCUT2D eigenvalue weighted by molar-refractivity contribution is 0.398. The largest absolute Gasteiger partial charge is 0.481 e. The third-order valence-corrected chi connectivity index (χ3v) is 3.74.